The maximum absolute atomic E-state index is 13.7. The second-order valence-electron chi connectivity index (χ2n) is 9.23. The van der Waals surface area contributed by atoms with Crippen LogP contribution in [0.2, 0.25) is 0 Å². The van der Waals surface area contributed by atoms with E-state index < -0.39 is 23.3 Å². The number of hydrogen-bond donors (Lipinski definition) is 1. The number of hydrogen-bond acceptors (Lipinski definition) is 3. The van der Waals surface area contributed by atoms with Crippen molar-refractivity contribution >= 4 is 11.7 Å². The second kappa shape index (κ2) is 12.0. The molecule has 0 aliphatic rings. The van der Waals surface area contributed by atoms with Gasteiger partial charge in [0, 0.05) is 6.42 Å². The van der Waals surface area contributed by atoms with Crippen molar-refractivity contribution in [1.29, 1.82) is 0 Å². The van der Waals surface area contributed by atoms with Crippen molar-refractivity contribution < 1.29 is 22.7 Å². The Labute approximate surface area is 184 Å². The van der Waals surface area contributed by atoms with Crippen LogP contribution in [-0.2, 0) is 10.9 Å². The fraction of sp³-hybridized carbons (Fsp3) is 0.640. The molecule has 31 heavy (non-hydrogen) atoms. The Morgan fingerprint density at radius 3 is 2.10 bits per heavy atom. The minimum Gasteiger partial charge on any atom is -0.465 e. The van der Waals surface area contributed by atoms with E-state index in [1.54, 1.807) is 6.92 Å². The maximum Gasteiger partial charge on any atom is 0.418 e. The summed E-state index contributed by atoms with van der Waals surface area (Å²) in [4.78, 5) is 11.9. The summed E-state index contributed by atoms with van der Waals surface area (Å²) in [5.41, 5.74) is 4.57. The Morgan fingerprint density at radius 1 is 1.03 bits per heavy atom. The predicted octanol–water partition coefficient (Wildman–Crippen LogP) is 7.29. The lowest BCUT2D eigenvalue weighted by Gasteiger charge is -2.17. The summed E-state index contributed by atoms with van der Waals surface area (Å²) in [6.07, 6.45) is 4.77. The molecule has 0 saturated heterocycles. The van der Waals surface area contributed by atoms with E-state index >= 15 is 0 Å². The predicted molar refractivity (Wildman–Crippen MR) is 120 cm³/mol. The van der Waals surface area contributed by atoms with Crippen molar-refractivity contribution in [3.63, 3.8) is 0 Å². The summed E-state index contributed by atoms with van der Waals surface area (Å²) in [6.45, 7) is 8.32. The molecule has 1 aromatic rings. The van der Waals surface area contributed by atoms with Gasteiger partial charge < -0.3 is 10.5 Å². The van der Waals surface area contributed by atoms with Crippen LogP contribution >= 0.6 is 0 Å². The van der Waals surface area contributed by atoms with Crippen molar-refractivity contribution in [2.75, 3.05) is 12.8 Å². The monoisotopic (exact) mass is 439 g/mol. The third kappa shape index (κ3) is 9.25. The number of carbonyl (C=O) groups is 1. The van der Waals surface area contributed by atoms with Gasteiger partial charge in [0.05, 0.1) is 29.5 Å². The van der Waals surface area contributed by atoms with Crippen LogP contribution in [0.5, 0.6) is 0 Å². The first-order chi connectivity index (χ1) is 14.4. The molecule has 174 valence electrons. The number of ether oxygens (including phenoxy) is 1. The highest BCUT2D eigenvalue weighted by Crippen LogP contribution is 2.38. The zero-order valence-electron chi connectivity index (χ0n) is 19.5. The van der Waals surface area contributed by atoms with E-state index in [1.165, 1.54) is 32.1 Å². The quantitative estimate of drug-likeness (QED) is 0.190. The van der Waals surface area contributed by atoms with Crippen molar-refractivity contribution in [2.45, 2.75) is 91.7 Å². The lowest BCUT2D eigenvalue weighted by molar-refractivity contribution is -0.138. The van der Waals surface area contributed by atoms with Gasteiger partial charge in [-0.2, -0.15) is 13.2 Å². The highest BCUT2D eigenvalue weighted by molar-refractivity contribution is 5.93. The van der Waals surface area contributed by atoms with Gasteiger partial charge in [0.2, 0.25) is 0 Å². The second-order valence-corrected chi connectivity index (χ2v) is 9.23. The summed E-state index contributed by atoms with van der Waals surface area (Å²) < 4.78 is 45.5. The first-order valence-corrected chi connectivity index (χ1v) is 11.0. The van der Waals surface area contributed by atoms with Gasteiger partial charge in [0.1, 0.15) is 0 Å². The maximum atomic E-state index is 13.7. The molecular weight excluding hydrogens is 403 g/mol. The molecule has 2 N–H and O–H groups in total. The molecule has 1 rings (SSSR count). The average Bonchev–Trinajstić information content (AvgIpc) is 2.66. The summed E-state index contributed by atoms with van der Waals surface area (Å²) in [7, 11) is 1.05. The summed E-state index contributed by atoms with van der Waals surface area (Å²) in [6, 6.07) is 1.11. The van der Waals surface area contributed by atoms with E-state index in [4.69, 9.17) is 5.73 Å². The Kier molecular flexibility index (Phi) is 10.4. The molecule has 6 heteroatoms. The molecule has 1 aromatic carbocycles. The number of nitrogens with two attached hydrogens (primary N) is 1. The van der Waals surface area contributed by atoms with E-state index in [0.717, 1.165) is 32.4 Å². The van der Waals surface area contributed by atoms with E-state index in [9.17, 15) is 18.0 Å². The largest absolute Gasteiger partial charge is 0.465 e. The molecule has 0 heterocycles. The zero-order chi connectivity index (χ0) is 23.7. The molecule has 0 bridgehead atoms. The van der Waals surface area contributed by atoms with Crippen LogP contribution in [-0.4, -0.2) is 13.1 Å². The minimum atomic E-state index is -4.76. The van der Waals surface area contributed by atoms with Gasteiger partial charge >= 0.3 is 12.1 Å². The summed E-state index contributed by atoms with van der Waals surface area (Å²) in [5.74, 6) is 4.34. The molecule has 0 fully saturated rings. The van der Waals surface area contributed by atoms with E-state index in [1.807, 2.05) is 0 Å². The number of alkyl halides is 3. The van der Waals surface area contributed by atoms with Crippen molar-refractivity contribution in [3.05, 3.63) is 28.3 Å². The molecule has 0 unspecified atom stereocenters. The smallest absolute Gasteiger partial charge is 0.418 e. The Balaban J connectivity index is 2.66. The van der Waals surface area contributed by atoms with Crippen LogP contribution in [0, 0.1) is 24.2 Å². The number of anilines is 1. The third-order valence-corrected chi connectivity index (χ3v) is 5.21. The summed E-state index contributed by atoms with van der Waals surface area (Å²) >= 11 is 0. The lowest BCUT2D eigenvalue weighted by atomic mass is 9.89. The van der Waals surface area contributed by atoms with Crippen molar-refractivity contribution in [1.82, 2.24) is 0 Å². The van der Waals surface area contributed by atoms with Crippen LogP contribution in [0.15, 0.2) is 6.07 Å². The zero-order valence-corrected chi connectivity index (χ0v) is 19.5. The van der Waals surface area contributed by atoms with Crippen molar-refractivity contribution in [3.8, 4) is 11.8 Å². The number of esters is 1. The van der Waals surface area contributed by atoms with Crippen molar-refractivity contribution in [2.24, 2.45) is 5.41 Å². The fourth-order valence-electron chi connectivity index (χ4n) is 3.43. The number of rotatable bonds is 9. The molecule has 3 nitrogen and oxygen atoms in total. The molecule has 0 aromatic heterocycles. The van der Waals surface area contributed by atoms with Crippen LogP contribution in [0.1, 0.15) is 106 Å². The van der Waals surface area contributed by atoms with E-state index in [0.29, 0.717) is 17.4 Å². The van der Waals surface area contributed by atoms with Gasteiger partial charge in [-0.25, -0.2) is 4.79 Å². The molecule has 0 spiro atoms. The number of carbonyl (C=O) groups excluding carboxylic acids is 1. The number of aryl methyl sites for hydroxylation is 1. The van der Waals surface area contributed by atoms with Gasteiger partial charge in [-0.15, -0.1) is 0 Å². The Bertz CT molecular complexity index is 796. The highest BCUT2D eigenvalue weighted by Gasteiger charge is 2.39. The highest BCUT2D eigenvalue weighted by atomic mass is 19.4. The normalized spacial score (nSPS) is 11.7. The third-order valence-electron chi connectivity index (χ3n) is 5.21. The standard InChI is InChI=1S/C25H36F3NO2/c1-18-17-20(23(30)31-5)21(25(26,27)28)19(22(18)29)15-13-11-9-7-6-8-10-12-14-16-24(2,3)4/h17H,6-12,14,16,29H2,1-5H3. The van der Waals surface area contributed by atoms with Crippen LogP contribution in [0.25, 0.3) is 0 Å². The topological polar surface area (TPSA) is 52.3 Å². The Hall–Kier alpha value is -2.16. The average molecular weight is 440 g/mol. The number of unbranched alkanes of at least 4 members (excludes halogenated alkanes) is 7. The number of halogens is 3. The van der Waals surface area contributed by atoms with Gasteiger partial charge in [0.25, 0.3) is 0 Å². The number of methoxy groups -OCH3 is 1. The van der Waals surface area contributed by atoms with Crippen LogP contribution < -0.4 is 5.73 Å². The van der Waals surface area contributed by atoms with Gasteiger partial charge in [-0.1, -0.05) is 71.1 Å². The fourth-order valence-corrected chi connectivity index (χ4v) is 3.43. The van der Waals surface area contributed by atoms with Crippen LogP contribution in [0.4, 0.5) is 18.9 Å². The Morgan fingerprint density at radius 2 is 1.58 bits per heavy atom. The van der Waals surface area contributed by atoms with E-state index in [-0.39, 0.29) is 11.3 Å². The molecular formula is C25H36F3NO2. The molecule has 0 saturated carbocycles. The first kappa shape index (κ1) is 26.9. The molecule has 0 amide bonds. The van der Waals surface area contributed by atoms with Crippen LogP contribution in [0.3, 0.4) is 0 Å². The number of nitrogen functional groups attached to an aromatic ring is 1. The molecule has 0 atom stereocenters. The minimum absolute atomic E-state index is 0.0530. The lowest BCUT2D eigenvalue weighted by Crippen LogP contribution is -2.18. The summed E-state index contributed by atoms with van der Waals surface area (Å²) in [5, 5.41) is 0. The van der Waals surface area contributed by atoms with E-state index in [2.05, 4.69) is 37.3 Å². The van der Waals surface area contributed by atoms with Gasteiger partial charge in [-0.3, -0.25) is 0 Å². The molecule has 0 aliphatic carbocycles. The number of benzene rings is 1. The first-order valence-electron chi connectivity index (χ1n) is 11.0. The van der Waals surface area contributed by atoms with Gasteiger partial charge in [0.15, 0.2) is 0 Å². The van der Waals surface area contributed by atoms with Gasteiger partial charge in [-0.05, 0) is 36.8 Å². The molecule has 0 radical (unpaired) electrons. The molecule has 0 aliphatic heterocycles. The SMILES string of the molecule is COC(=O)c1cc(C)c(N)c(C#CCCCCCCCCCC(C)(C)C)c1C(F)(F)F.